The summed E-state index contributed by atoms with van der Waals surface area (Å²) in [4.78, 5) is 20.2. The van der Waals surface area contributed by atoms with Crippen LogP contribution in [0, 0.1) is 5.82 Å². The number of carboxylic acids is 1. The fourth-order valence-corrected chi connectivity index (χ4v) is 3.26. The third-order valence-electron chi connectivity index (χ3n) is 4.50. The first kappa shape index (κ1) is 17.0. The van der Waals surface area contributed by atoms with E-state index in [1.165, 1.54) is 12.1 Å². The van der Waals surface area contributed by atoms with Crippen molar-refractivity contribution in [2.45, 2.75) is 20.0 Å². The normalized spacial score (nSPS) is 11.2. The Balaban J connectivity index is 1.76. The summed E-state index contributed by atoms with van der Waals surface area (Å²) in [6, 6.07) is 11.2. The quantitative estimate of drug-likeness (QED) is 0.584. The van der Waals surface area contributed by atoms with E-state index in [-0.39, 0.29) is 11.4 Å². The number of aryl methyl sites for hydroxylation is 1. The monoisotopic (exact) mass is 364 g/mol. The van der Waals surface area contributed by atoms with Crippen LogP contribution in [0.25, 0.3) is 22.4 Å². The van der Waals surface area contributed by atoms with Crippen molar-refractivity contribution in [1.82, 2.24) is 19.1 Å². The average molecular weight is 364 g/mol. The van der Waals surface area contributed by atoms with E-state index in [9.17, 15) is 14.3 Å². The molecule has 0 unspecified atom stereocenters. The van der Waals surface area contributed by atoms with Gasteiger partial charge in [0, 0.05) is 24.5 Å². The fourth-order valence-electron chi connectivity index (χ4n) is 3.26. The van der Waals surface area contributed by atoms with E-state index in [0.29, 0.717) is 30.0 Å². The molecule has 0 bridgehead atoms. The zero-order valence-corrected chi connectivity index (χ0v) is 14.6. The molecule has 0 radical (unpaired) electrons. The van der Waals surface area contributed by atoms with Crippen LogP contribution in [0.15, 0.2) is 54.9 Å². The number of rotatable bonds is 5. The Morgan fingerprint density at radius 1 is 1.22 bits per heavy atom. The molecule has 0 aliphatic carbocycles. The molecule has 2 aromatic heterocycles. The molecule has 0 saturated carbocycles. The lowest BCUT2D eigenvalue weighted by atomic mass is 10.2. The predicted octanol–water partition coefficient (Wildman–Crippen LogP) is 3.81. The molecule has 0 atom stereocenters. The topological polar surface area (TPSA) is 72.9 Å². The molecule has 0 aliphatic rings. The molecule has 2 heterocycles. The van der Waals surface area contributed by atoms with E-state index < -0.39 is 5.97 Å². The minimum atomic E-state index is -0.979. The molecular weight excluding hydrogens is 347 g/mol. The summed E-state index contributed by atoms with van der Waals surface area (Å²) in [7, 11) is 0. The SMILES string of the molecule is CCn1c(Cn2ccnc2-c2cccc(F)c2)nc2cc(C(=O)O)ccc21. The first-order valence-electron chi connectivity index (χ1n) is 8.56. The largest absolute Gasteiger partial charge is 0.478 e. The average Bonchev–Trinajstić information content (AvgIpc) is 3.25. The Morgan fingerprint density at radius 2 is 2.07 bits per heavy atom. The Kier molecular flexibility index (Phi) is 4.19. The van der Waals surface area contributed by atoms with Gasteiger partial charge in [0.05, 0.1) is 23.1 Å². The minimum Gasteiger partial charge on any atom is -0.478 e. The van der Waals surface area contributed by atoms with Crippen LogP contribution in [0.5, 0.6) is 0 Å². The summed E-state index contributed by atoms with van der Waals surface area (Å²) in [6.07, 6.45) is 3.49. The molecule has 4 aromatic rings. The molecule has 2 aromatic carbocycles. The third-order valence-corrected chi connectivity index (χ3v) is 4.50. The number of fused-ring (bicyclic) bond motifs is 1. The molecule has 6 nitrogen and oxygen atoms in total. The van der Waals surface area contributed by atoms with Crippen LogP contribution in [-0.4, -0.2) is 30.2 Å². The Hall–Kier alpha value is -3.48. The van der Waals surface area contributed by atoms with Crippen molar-refractivity contribution >= 4 is 17.0 Å². The third kappa shape index (κ3) is 3.08. The molecule has 0 aliphatic heterocycles. The van der Waals surface area contributed by atoms with Crippen molar-refractivity contribution in [1.29, 1.82) is 0 Å². The van der Waals surface area contributed by atoms with Gasteiger partial charge in [0.25, 0.3) is 0 Å². The number of carbonyl (C=O) groups is 1. The van der Waals surface area contributed by atoms with Crippen molar-refractivity contribution in [3.8, 4) is 11.4 Å². The highest BCUT2D eigenvalue weighted by Gasteiger charge is 2.15. The molecule has 7 heteroatoms. The first-order valence-corrected chi connectivity index (χ1v) is 8.56. The predicted molar refractivity (Wildman–Crippen MR) is 99.1 cm³/mol. The zero-order chi connectivity index (χ0) is 19.0. The molecule has 4 rings (SSSR count). The highest BCUT2D eigenvalue weighted by molar-refractivity contribution is 5.92. The number of nitrogens with zero attached hydrogens (tertiary/aromatic N) is 4. The Morgan fingerprint density at radius 3 is 2.81 bits per heavy atom. The van der Waals surface area contributed by atoms with E-state index in [1.54, 1.807) is 30.5 Å². The molecule has 0 spiro atoms. The van der Waals surface area contributed by atoms with Gasteiger partial charge in [-0.05, 0) is 37.3 Å². The van der Waals surface area contributed by atoms with Gasteiger partial charge in [-0.25, -0.2) is 19.2 Å². The van der Waals surface area contributed by atoms with Gasteiger partial charge in [-0.2, -0.15) is 0 Å². The van der Waals surface area contributed by atoms with Crippen LogP contribution >= 0.6 is 0 Å². The van der Waals surface area contributed by atoms with Gasteiger partial charge < -0.3 is 14.2 Å². The smallest absolute Gasteiger partial charge is 0.335 e. The fraction of sp³-hybridized carbons (Fsp3) is 0.150. The Labute approximate surface area is 154 Å². The summed E-state index contributed by atoms with van der Waals surface area (Å²) in [6.45, 7) is 3.15. The van der Waals surface area contributed by atoms with E-state index in [2.05, 4.69) is 9.97 Å². The van der Waals surface area contributed by atoms with Gasteiger partial charge >= 0.3 is 5.97 Å². The van der Waals surface area contributed by atoms with Crippen molar-refractivity contribution in [3.05, 3.63) is 72.1 Å². The molecule has 136 valence electrons. The van der Waals surface area contributed by atoms with Gasteiger partial charge in [-0.3, -0.25) is 0 Å². The minimum absolute atomic E-state index is 0.206. The summed E-state index contributed by atoms with van der Waals surface area (Å²) >= 11 is 0. The summed E-state index contributed by atoms with van der Waals surface area (Å²) < 4.78 is 17.5. The standard InChI is InChI=1S/C20H17FN4O2/c1-2-25-17-7-6-14(20(26)27)11-16(17)23-18(25)12-24-9-8-22-19(24)13-4-3-5-15(21)10-13/h3-11H,2,12H2,1H3,(H,26,27). The number of imidazole rings is 2. The highest BCUT2D eigenvalue weighted by atomic mass is 19.1. The van der Waals surface area contributed by atoms with Crippen LogP contribution in [0.4, 0.5) is 4.39 Å². The molecule has 27 heavy (non-hydrogen) atoms. The molecule has 1 N–H and O–H groups in total. The summed E-state index contributed by atoms with van der Waals surface area (Å²) in [5.41, 5.74) is 2.41. The van der Waals surface area contributed by atoms with Crippen LogP contribution in [0.1, 0.15) is 23.1 Å². The number of carboxylic acid groups (broad SMARTS) is 1. The summed E-state index contributed by atoms with van der Waals surface area (Å²) in [5, 5.41) is 9.19. The van der Waals surface area contributed by atoms with Crippen LogP contribution in [-0.2, 0) is 13.1 Å². The number of aromatic carboxylic acids is 1. The lowest BCUT2D eigenvalue weighted by Crippen LogP contribution is -2.08. The van der Waals surface area contributed by atoms with E-state index in [0.717, 1.165) is 11.3 Å². The lowest BCUT2D eigenvalue weighted by Gasteiger charge is -2.10. The van der Waals surface area contributed by atoms with E-state index in [1.807, 2.05) is 28.3 Å². The first-order chi connectivity index (χ1) is 13.1. The highest BCUT2D eigenvalue weighted by Crippen LogP contribution is 2.22. The molecule has 0 fully saturated rings. The van der Waals surface area contributed by atoms with E-state index >= 15 is 0 Å². The molecular formula is C20H17FN4O2. The van der Waals surface area contributed by atoms with Crippen LogP contribution < -0.4 is 0 Å². The summed E-state index contributed by atoms with van der Waals surface area (Å²) in [5.74, 6) is 0.137. The van der Waals surface area contributed by atoms with Crippen molar-refractivity contribution in [2.75, 3.05) is 0 Å². The van der Waals surface area contributed by atoms with Crippen LogP contribution in [0.3, 0.4) is 0 Å². The number of hydrogen-bond acceptors (Lipinski definition) is 3. The number of hydrogen-bond donors (Lipinski definition) is 1. The van der Waals surface area contributed by atoms with Gasteiger partial charge in [-0.1, -0.05) is 12.1 Å². The van der Waals surface area contributed by atoms with Gasteiger partial charge in [0.15, 0.2) is 0 Å². The maximum absolute atomic E-state index is 13.6. The number of halogens is 1. The number of aromatic nitrogens is 4. The van der Waals surface area contributed by atoms with Gasteiger partial charge in [0.2, 0.25) is 0 Å². The van der Waals surface area contributed by atoms with Crippen LogP contribution in [0.2, 0.25) is 0 Å². The van der Waals surface area contributed by atoms with Crippen molar-refractivity contribution in [2.24, 2.45) is 0 Å². The molecule has 0 saturated heterocycles. The maximum atomic E-state index is 13.6. The maximum Gasteiger partial charge on any atom is 0.335 e. The van der Waals surface area contributed by atoms with Crippen molar-refractivity contribution < 1.29 is 14.3 Å². The second kappa shape index (κ2) is 6.68. The van der Waals surface area contributed by atoms with Crippen molar-refractivity contribution in [3.63, 3.8) is 0 Å². The van der Waals surface area contributed by atoms with Gasteiger partial charge in [0.1, 0.15) is 17.5 Å². The zero-order valence-electron chi connectivity index (χ0n) is 14.6. The second-order valence-corrected chi connectivity index (χ2v) is 6.17. The lowest BCUT2D eigenvalue weighted by molar-refractivity contribution is 0.0697. The van der Waals surface area contributed by atoms with E-state index in [4.69, 9.17) is 0 Å². The van der Waals surface area contributed by atoms with Gasteiger partial charge in [-0.15, -0.1) is 0 Å². The Bertz CT molecular complexity index is 1150. The second-order valence-electron chi connectivity index (χ2n) is 6.17. The molecule has 0 amide bonds. The number of benzene rings is 2.